The number of rotatable bonds is 2. The van der Waals surface area contributed by atoms with E-state index in [4.69, 9.17) is 10.2 Å². The van der Waals surface area contributed by atoms with Gasteiger partial charge in [0.1, 0.15) is 5.76 Å². The van der Waals surface area contributed by atoms with E-state index in [0.29, 0.717) is 25.4 Å². The molecule has 1 fully saturated rings. The second-order valence-electron chi connectivity index (χ2n) is 3.60. The monoisotopic (exact) mass is 195 g/mol. The lowest BCUT2D eigenvalue weighted by Gasteiger charge is -2.12. The van der Waals surface area contributed by atoms with Crippen LogP contribution in [0.5, 0.6) is 0 Å². The fourth-order valence-corrected chi connectivity index (χ4v) is 1.59. The minimum Gasteiger partial charge on any atom is -0.444 e. The fourth-order valence-electron chi connectivity index (χ4n) is 1.59. The summed E-state index contributed by atoms with van der Waals surface area (Å²) < 4.78 is 5.28. The molecule has 76 valence electrons. The van der Waals surface area contributed by atoms with Gasteiger partial charge in [0.2, 0.25) is 11.8 Å². The lowest BCUT2D eigenvalue weighted by atomic mass is 10.3. The number of oxazole rings is 1. The molecule has 1 unspecified atom stereocenters. The van der Waals surface area contributed by atoms with Crippen LogP contribution in [0.3, 0.4) is 0 Å². The Balaban J connectivity index is 2.01. The average molecular weight is 195 g/mol. The van der Waals surface area contributed by atoms with Crippen LogP contribution in [0, 0.1) is 6.92 Å². The van der Waals surface area contributed by atoms with Crippen LogP contribution in [-0.2, 0) is 11.3 Å². The zero-order valence-corrected chi connectivity index (χ0v) is 8.06. The summed E-state index contributed by atoms with van der Waals surface area (Å²) in [7, 11) is 0. The molecule has 0 radical (unpaired) electrons. The van der Waals surface area contributed by atoms with Gasteiger partial charge in [-0.15, -0.1) is 0 Å². The van der Waals surface area contributed by atoms with Gasteiger partial charge in [-0.25, -0.2) is 4.98 Å². The number of amides is 1. The van der Waals surface area contributed by atoms with Crippen molar-refractivity contribution in [3.8, 4) is 0 Å². The SMILES string of the molecule is Cc1cnc(CN2CC(N)CC2=O)o1. The van der Waals surface area contributed by atoms with Gasteiger partial charge in [0, 0.05) is 19.0 Å². The summed E-state index contributed by atoms with van der Waals surface area (Å²) >= 11 is 0. The number of nitrogens with zero attached hydrogens (tertiary/aromatic N) is 2. The molecular formula is C9H13N3O2. The first-order valence-electron chi connectivity index (χ1n) is 4.60. The molecule has 0 spiro atoms. The van der Waals surface area contributed by atoms with E-state index in [1.54, 1.807) is 11.1 Å². The van der Waals surface area contributed by atoms with Crippen molar-refractivity contribution >= 4 is 5.91 Å². The third-order valence-corrected chi connectivity index (χ3v) is 2.24. The molecule has 2 N–H and O–H groups in total. The van der Waals surface area contributed by atoms with Gasteiger partial charge in [-0.1, -0.05) is 0 Å². The highest BCUT2D eigenvalue weighted by Crippen LogP contribution is 2.13. The van der Waals surface area contributed by atoms with E-state index in [1.165, 1.54) is 0 Å². The predicted molar refractivity (Wildman–Crippen MR) is 49.2 cm³/mol. The second kappa shape index (κ2) is 3.42. The highest BCUT2D eigenvalue weighted by atomic mass is 16.4. The smallest absolute Gasteiger partial charge is 0.224 e. The first kappa shape index (κ1) is 9.21. The Bertz CT molecular complexity index is 348. The lowest BCUT2D eigenvalue weighted by molar-refractivity contribution is -0.128. The van der Waals surface area contributed by atoms with Gasteiger partial charge >= 0.3 is 0 Å². The van der Waals surface area contributed by atoms with Gasteiger partial charge < -0.3 is 15.1 Å². The number of hydrogen-bond acceptors (Lipinski definition) is 4. The molecule has 0 aromatic carbocycles. The molecule has 2 rings (SSSR count). The number of aryl methyl sites for hydroxylation is 1. The Hall–Kier alpha value is -1.36. The van der Waals surface area contributed by atoms with Crippen LogP contribution < -0.4 is 5.73 Å². The minimum atomic E-state index is -0.0430. The van der Waals surface area contributed by atoms with Gasteiger partial charge in [0.15, 0.2) is 0 Å². The van der Waals surface area contributed by atoms with E-state index in [-0.39, 0.29) is 11.9 Å². The zero-order valence-electron chi connectivity index (χ0n) is 8.06. The summed E-state index contributed by atoms with van der Waals surface area (Å²) in [6.07, 6.45) is 2.08. The van der Waals surface area contributed by atoms with E-state index >= 15 is 0 Å². The molecule has 5 heteroatoms. The van der Waals surface area contributed by atoms with Crippen LogP contribution in [-0.4, -0.2) is 28.4 Å². The van der Waals surface area contributed by atoms with E-state index in [2.05, 4.69) is 4.98 Å². The molecule has 0 saturated carbocycles. The molecule has 1 aromatic rings. The number of carbonyl (C=O) groups excluding carboxylic acids is 1. The maximum atomic E-state index is 11.4. The minimum absolute atomic E-state index is 0.0430. The lowest BCUT2D eigenvalue weighted by Crippen LogP contribution is -2.27. The van der Waals surface area contributed by atoms with Crippen LogP contribution in [0.2, 0.25) is 0 Å². The van der Waals surface area contributed by atoms with Crippen LogP contribution in [0.25, 0.3) is 0 Å². The third-order valence-electron chi connectivity index (χ3n) is 2.24. The molecule has 1 saturated heterocycles. The van der Waals surface area contributed by atoms with Crippen molar-refractivity contribution in [2.45, 2.75) is 25.9 Å². The Kier molecular flexibility index (Phi) is 2.25. The summed E-state index contributed by atoms with van der Waals surface area (Å²) in [6, 6.07) is -0.0430. The van der Waals surface area contributed by atoms with Crippen molar-refractivity contribution in [2.24, 2.45) is 5.73 Å². The van der Waals surface area contributed by atoms with Crippen molar-refractivity contribution in [2.75, 3.05) is 6.54 Å². The Morgan fingerprint density at radius 1 is 1.79 bits per heavy atom. The first-order valence-corrected chi connectivity index (χ1v) is 4.60. The molecule has 0 bridgehead atoms. The van der Waals surface area contributed by atoms with Gasteiger partial charge in [0.05, 0.1) is 12.7 Å². The molecule has 1 amide bonds. The summed E-state index contributed by atoms with van der Waals surface area (Å²) in [6.45, 7) is 2.86. The second-order valence-corrected chi connectivity index (χ2v) is 3.60. The van der Waals surface area contributed by atoms with E-state index in [1.807, 2.05) is 6.92 Å². The molecule has 2 heterocycles. The van der Waals surface area contributed by atoms with E-state index < -0.39 is 0 Å². The number of hydrogen-bond donors (Lipinski definition) is 1. The largest absolute Gasteiger partial charge is 0.444 e. The topological polar surface area (TPSA) is 72.4 Å². The number of aromatic nitrogens is 1. The van der Waals surface area contributed by atoms with Crippen molar-refractivity contribution in [3.63, 3.8) is 0 Å². The van der Waals surface area contributed by atoms with Crippen LogP contribution in [0.1, 0.15) is 18.1 Å². The first-order chi connectivity index (χ1) is 6.65. The number of nitrogens with two attached hydrogens (primary N) is 1. The van der Waals surface area contributed by atoms with Crippen LogP contribution in [0.4, 0.5) is 0 Å². The highest BCUT2D eigenvalue weighted by molar-refractivity contribution is 5.79. The van der Waals surface area contributed by atoms with Gasteiger partial charge in [-0.05, 0) is 6.92 Å². The van der Waals surface area contributed by atoms with Crippen molar-refractivity contribution in [1.29, 1.82) is 0 Å². The maximum absolute atomic E-state index is 11.4. The normalized spacial score (nSPS) is 22.0. The van der Waals surface area contributed by atoms with Gasteiger partial charge in [-0.2, -0.15) is 0 Å². The average Bonchev–Trinajstić information content (AvgIpc) is 2.61. The quantitative estimate of drug-likeness (QED) is 0.723. The van der Waals surface area contributed by atoms with Crippen molar-refractivity contribution in [1.82, 2.24) is 9.88 Å². The Morgan fingerprint density at radius 2 is 2.57 bits per heavy atom. The molecule has 1 aliphatic heterocycles. The third kappa shape index (κ3) is 1.77. The van der Waals surface area contributed by atoms with Crippen LogP contribution in [0.15, 0.2) is 10.6 Å². The molecule has 1 aliphatic rings. The number of carbonyl (C=O) groups is 1. The van der Waals surface area contributed by atoms with E-state index in [0.717, 1.165) is 5.76 Å². The molecule has 14 heavy (non-hydrogen) atoms. The summed E-state index contributed by atoms with van der Waals surface area (Å²) in [5.41, 5.74) is 5.66. The predicted octanol–water partition coefficient (Wildman–Crippen LogP) is 0.0426. The standard InChI is InChI=1S/C9H13N3O2/c1-6-3-11-8(14-6)5-12-4-7(10)2-9(12)13/h3,7H,2,4-5,10H2,1H3. The zero-order chi connectivity index (χ0) is 10.1. The maximum Gasteiger partial charge on any atom is 0.224 e. The molecular weight excluding hydrogens is 182 g/mol. The fraction of sp³-hybridized carbons (Fsp3) is 0.556. The highest BCUT2D eigenvalue weighted by Gasteiger charge is 2.27. The molecule has 1 aromatic heterocycles. The summed E-state index contributed by atoms with van der Waals surface area (Å²) in [4.78, 5) is 17.1. The molecule has 1 atom stereocenters. The van der Waals surface area contributed by atoms with Crippen molar-refractivity contribution < 1.29 is 9.21 Å². The van der Waals surface area contributed by atoms with Crippen molar-refractivity contribution in [3.05, 3.63) is 17.8 Å². The van der Waals surface area contributed by atoms with Crippen LogP contribution >= 0.6 is 0 Å². The summed E-state index contributed by atoms with van der Waals surface area (Å²) in [5.74, 6) is 1.41. The molecule has 0 aliphatic carbocycles. The van der Waals surface area contributed by atoms with E-state index in [9.17, 15) is 4.79 Å². The Morgan fingerprint density at radius 3 is 3.07 bits per heavy atom. The van der Waals surface area contributed by atoms with Gasteiger partial charge in [0.25, 0.3) is 0 Å². The molecule has 5 nitrogen and oxygen atoms in total. The Labute approximate surface area is 81.9 Å². The summed E-state index contributed by atoms with van der Waals surface area (Å²) in [5, 5.41) is 0. The van der Waals surface area contributed by atoms with Gasteiger partial charge in [-0.3, -0.25) is 4.79 Å². The number of likely N-dealkylation sites (tertiary alicyclic amines) is 1.